The average Bonchev–Trinajstić information content (AvgIpc) is 2.68. The van der Waals surface area contributed by atoms with Gasteiger partial charge in [-0.2, -0.15) is 0 Å². The molecule has 9 heteroatoms. The first-order valence-electron chi connectivity index (χ1n) is 8.60. The fraction of sp³-hybridized carbons (Fsp3) is 0. The molecule has 0 saturated carbocycles. The predicted octanol–water partition coefficient (Wildman–Crippen LogP) is 7.06. The Morgan fingerprint density at radius 2 is 0.767 bits per heavy atom. The lowest BCUT2D eigenvalue weighted by Crippen LogP contribution is -2.01. The third-order valence-corrected chi connectivity index (χ3v) is 5.60. The van der Waals surface area contributed by atoms with Crippen LogP contribution in [0, 0.1) is 10.7 Å². The molecule has 0 atom stereocenters. The van der Waals surface area contributed by atoms with Crippen LogP contribution in [-0.2, 0) is 0 Å². The van der Waals surface area contributed by atoms with Crippen LogP contribution >= 0.6 is 67.8 Å². The zero-order valence-corrected chi connectivity index (χ0v) is 21.6. The minimum Gasteiger partial charge on any atom is -0.424 e. The first kappa shape index (κ1) is 21.5. The van der Waals surface area contributed by atoms with Gasteiger partial charge in [-0.15, -0.1) is 15.0 Å². The first-order chi connectivity index (χ1) is 14.5. The van der Waals surface area contributed by atoms with Gasteiger partial charge in [0.15, 0.2) is 0 Å². The lowest BCUT2D eigenvalue weighted by Gasteiger charge is -2.10. The molecule has 150 valence electrons. The number of hydrogen-bond acceptors (Lipinski definition) is 6. The van der Waals surface area contributed by atoms with E-state index in [0.717, 1.165) is 10.7 Å². The highest BCUT2D eigenvalue weighted by atomic mass is 127. The molecule has 1 aromatic heterocycles. The van der Waals surface area contributed by atoms with Gasteiger partial charge in [0, 0.05) is 10.7 Å². The van der Waals surface area contributed by atoms with Crippen LogP contribution in [0.15, 0.2) is 72.8 Å². The van der Waals surface area contributed by atoms with E-state index in [1.54, 1.807) is 0 Å². The van der Waals surface area contributed by atoms with Crippen LogP contribution in [0.5, 0.6) is 35.3 Å². The molecule has 4 aromatic rings. The van der Waals surface area contributed by atoms with Crippen LogP contribution in [0.2, 0.25) is 0 Å². The summed E-state index contributed by atoms with van der Waals surface area (Å²) in [7, 11) is 0. The molecule has 30 heavy (non-hydrogen) atoms. The molecule has 0 aliphatic carbocycles. The van der Waals surface area contributed by atoms with Crippen molar-refractivity contribution >= 4 is 67.8 Å². The van der Waals surface area contributed by atoms with E-state index in [2.05, 4.69) is 82.7 Å². The van der Waals surface area contributed by atoms with Gasteiger partial charge in [0.2, 0.25) is 0 Å². The van der Waals surface area contributed by atoms with Crippen molar-refractivity contribution in [1.82, 2.24) is 15.0 Å². The Hall–Kier alpha value is -1.74. The van der Waals surface area contributed by atoms with Crippen LogP contribution in [0.4, 0.5) is 0 Å². The number of benzene rings is 3. The molecule has 1 heterocycles. The molecule has 3 aromatic carbocycles. The Morgan fingerprint density at radius 3 is 1.03 bits per heavy atom. The number of rotatable bonds is 6. The third kappa shape index (κ3) is 6.14. The number of hydrogen-bond donors (Lipinski definition) is 0. The molecule has 0 fully saturated rings. The molecule has 0 N–H and O–H groups in total. The fourth-order valence-corrected chi connectivity index (χ4v) is 3.91. The van der Waals surface area contributed by atoms with E-state index in [9.17, 15) is 0 Å². The molecule has 4 rings (SSSR count). The molecule has 0 radical (unpaired) electrons. The maximum atomic E-state index is 5.83. The van der Waals surface area contributed by atoms with Gasteiger partial charge in [-0.05, 0) is 122 Å². The number of halogens is 3. The van der Waals surface area contributed by atoms with Gasteiger partial charge in [-0.1, -0.05) is 18.2 Å². The number of ether oxygens (including phenoxy) is 3. The highest BCUT2D eigenvalue weighted by Crippen LogP contribution is 2.28. The van der Waals surface area contributed by atoms with E-state index >= 15 is 0 Å². The van der Waals surface area contributed by atoms with Crippen molar-refractivity contribution in [2.24, 2.45) is 0 Å². The van der Waals surface area contributed by atoms with Crippen LogP contribution < -0.4 is 14.2 Å². The molecule has 6 nitrogen and oxygen atoms in total. The highest BCUT2D eigenvalue weighted by molar-refractivity contribution is 14.1. The first-order valence-corrected chi connectivity index (χ1v) is 11.8. The summed E-state index contributed by atoms with van der Waals surface area (Å²) < 4.78 is 20.6. The van der Waals surface area contributed by atoms with Crippen molar-refractivity contribution < 1.29 is 14.2 Å². The van der Waals surface area contributed by atoms with Gasteiger partial charge in [0.25, 0.3) is 0 Å². The lowest BCUT2D eigenvalue weighted by atomic mass is 10.3. The van der Waals surface area contributed by atoms with Crippen molar-refractivity contribution in [3.05, 3.63) is 83.5 Å². The summed E-state index contributed by atoms with van der Waals surface area (Å²) in [4.78, 5) is 12.9. The van der Waals surface area contributed by atoms with E-state index in [-0.39, 0.29) is 18.0 Å². The van der Waals surface area contributed by atoms with Crippen molar-refractivity contribution in [1.29, 1.82) is 0 Å². The molecular formula is C21H12I3N3O3. The Balaban J connectivity index is 1.67. The topological polar surface area (TPSA) is 66.4 Å². The van der Waals surface area contributed by atoms with Gasteiger partial charge >= 0.3 is 18.0 Å². The fourth-order valence-electron chi connectivity index (χ4n) is 2.37. The molecule has 0 aliphatic heterocycles. The van der Waals surface area contributed by atoms with Crippen LogP contribution in [0.3, 0.4) is 0 Å². The standard InChI is InChI=1S/C21H12I3N3O3/c22-13-4-1-7-16(10-13)28-19-25-20(29-17-8-2-5-14(23)11-17)27-21(26-19)30-18-9-3-6-15(24)12-18/h1-12H. The van der Waals surface area contributed by atoms with Gasteiger partial charge in [-0.3, -0.25) is 0 Å². The van der Waals surface area contributed by atoms with E-state index in [0.29, 0.717) is 17.2 Å². The zero-order valence-electron chi connectivity index (χ0n) is 15.1. The minimum atomic E-state index is 0.0771. The summed E-state index contributed by atoms with van der Waals surface area (Å²) in [6.07, 6.45) is 0. The van der Waals surface area contributed by atoms with Gasteiger partial charge < -0.3 is 14.2 Å². The van der Waals surface area contributed by atoms with Crippen molar-refractivity contribution in [3.63, 3.8) is 0 Å². The van der Waals surface area contributed by atoms with Crippen molar-refractivity contribution in [2.45, 2.75) is 0 Å². The van der Waals surface area contributed by atoms with E-state index in [1.807, 2.05) is 72.8 Å². The Morgan fingerprint density at radius 1 is 0.467 bits per heavy atom. The van der Waals surface area contributed by atoms with Crippen molar-refractivity contribution in [2.75, 3.05) is 0 Å². The number of nitrogens with zero attached hydrogens (tertiary/aromatic N) is 3. The lowest BCUT2D eigenvalue weighted by molar-refractivity contribution is 0.362. The summed E-state index contributed by atoms with van der Waals surface area (Å²) in [6.45, 7) is 0. The van der Waals surface area contributed by atoms with Gasteiger partial charge in [0.1, 0.15) is 17.2 Å². The quantitative estimate of drug-likeness (QED) is 0.198. The zero-order chi connectivity index (χ0) is 20.9. The van der Waals surface area contributed by atoms with E-state index in [1.165, 1.54) is 0 Å². The Bertz CT molecular complexity index is 1030. The average molecular weight is 735 g/mol. The normalized spacial score (nSPS) is 10.5. The molecule has 0 amide bonds. The molecular weight excluding hydrogens is 723 g/mol. The minimum absolute atomic E-state index is 0.0771. The summed E-state index contributed by atoms with van der Waals surface area (Å²) in [5.41, 5.74) is 0. The van der Waals surface area contributed by atoms with Gasteiger partial charge in [0.05, 0.1) is 0 Å². The smallest absolute Gasteiger partial charge is 0.331 e. The van der Waals surface area contributed by atoms with E-state index < -0.39 is 0 Å². The Kier molecular flexibility index (Phi) is 7.20. The second-order valence-electron chi connectivity index (χ2n) is 5.86. The van der Waals surface area contributed by atoms with Crippen LogP contribution in [-0.4, -0.2) is 15.0 Å². The second kappa shape index (κ2) is 10.0. The van der Waals surface area contributed by atoms with E-state index in [4.69, 9.17) is 14.2 Å². The predicted molar refractivity (Wildman–Crippen MR) is 138 cm³/mol. The maximum Gasteiger partial charge on any atom is 0.331 e. The third-order valence-electron chi connectivity index (χ3n) is 3.59. The second-order valence-corrected chi connectivity index (χ2v) is 9.60. The largest absolute Gasteiger partial charge is 0.424 e. The maximum absolute atomic E-state index is 5.83. The molecule has 0 unspecified atom stereocenters. The molecule has 0 spiro atoms. The summed E-state index contributed by atoms with van der Waals surface area (Å²) in [5, 5.41) is 0. The monoisotopic (exact) mass is 735 g/mol. The van der Waals surface area contributed by atoms with Crippen LogP contribution in [0.1, 0.15) is 0 Å². The Labute approximate surface area is 213 Å². The summed E-state index contributed by atoms with van der Waals surface area (Å²) >= 11 is 6.64. The molecule has 0 bridgehead atoms. The van der Waals surface area contributed by atoms with Crippen LogP contribution in [0.25, 0.3) is 0 Å². The summed E-state index contributed by atoms with van der Waals surface area (Å²) in [5.74, 6) is 1.82. The van der Waals surface area contributed by atoms with Gasteiger partial charge in [-0.25, -0.2) is 0 Å². The van der Waals surface area contributed by atoms with Crippen molar-refractivity contribution in [3.8, 4) is 35.3 Å². The highest BCUT2D eigenvalue weighted by Gasteiger charge is 2.13. The summed E-state index contributed by atoms with van der Waals surface area (Å²) in [6, 6.07) is 22.9. The SMILES string of the molecule is Ic1cccc(Oc2nc(Oc3cccc(I)c3)nc(Oc3cccc(I)c3)n2)c1. The number of aromatic nitrogens is 3. The molecule has 0 saturated heterocycles. The molecule has 0 aliphatic rings.